The number of hydrogen-bond donors (Lipinski definition) is 2. The first-order chi connectivity index (χ1) is 20.0. The molecule has 1 aromatic heterocycles. The van der Waals surface area contributed by atoms with Gasteiger partial charge in [-0.2, -0.15) is 4.80 Å². The lowest BCUT2D eigenvalue weighted by Crippen LogP contribution is -2.57. The van der Waals surface area contributed by atoms with E-state index in [0.717, 1.165) is 11.1 Å². The summed E-state index contributed by atoms with van der Waals surface area (Å²) in [5.41, 5.74) is 2.09. The minimum Gasteiger partial charge on any atom is -0.497 e. The summed E-state index contributed by atoms with van der Waals surface area (Å²) < 4.78 is 66.3. The fraction of sp³-hybridized carbons (Fsp3) is 0.296. The van der Waals surface area contributed by atoms with Crippen molar-refractivity contribution >= 4 is 20.0 Å². The molecule has 42 heavy (non-hydrogen) atoms. The zero-order valence-corrected chi connectivity index (χ0v) is 24.9. The maximum absolute atomic E-state index is 13.5. The van der Waals surface area contributed by atoms with E-state index in [1.54, 1.807) is 44.6 Å². The molecule has 222 valence electrons. The highest BCUT2D eigenvalue weighted by atomic mass is 32.2. The highest BCUT2D eigenvalue weighted by Crippen LogP contribution is 2.35. The number of nitrogens with zero attached hydrogens (tertiary/aromatic N) is 5. The summed E-state index contributed by atoms with van der Waals surface area (Å²) in [6.07, 6.45) is 0.232. The molecule has 0 radical (unpaired) electrons. The van der Waals surface area contributed by atoms with Crippen LogP contribution in [0.25, 0.3) is 11.4 Å². The Kier molecular flexibility index (Phi) is 8.30. The monoisotopic (exact) mass is 613 g/mol. The van der Waals surface area contributed by atoms with E-state index in [0.29, 0.717) is 30.2 Å². The number of sulfonamides is 2. The summed E-state index contributed by atoms with van der Waals surface area (Å²) in [6.45, 7) is 1.21. The maximum Gasteiger partial charge on any atom is 0.242 e. The van der Waals surface area contributed by atoms with Gasteiger partial charge in [-0.05, 0) is 65.7 Å². The standard InChI is InChI=1S/C27H31N7O6S2/c1-33-16-21(17-33)31-42(37,38)24-13-8-20(14-18-4-9-22(39-2)10-5-18)25(26(24)41(28,35)36)27-29-32-34(30-27)15-19-6-11-23(40-3)12-7-19/h4-13,21,31H,14-17H2,1-3H3,(H2,28,35,36). The predicted molar refractivity (Wildman–Crippen MR) is 154 cm³/mol. The molecule has 1 aliphatic rings. The highest BCUT2D eigenvalue weighted by molar-refractivity contribution is 7.92. The number of aromatic nitrogens is 4. The van der Waals surface area contributed by atoms with Gasteiger partial charge in [0.15, 0.2) is 0 Å². The van der Waals surface area contributed by atoms with Crippen molar-refractivity contribution in [2.45, 2.75) is 28.8 Å². The van der Waals surface area contributed by atoms with Gasteiger partial charge < -0.3 is 14.4 Å². The van der Waals surface area contributed by atoms with E-state index in [-0.39, 0.29) is 30.4 Å². The number of methoxy groups -OCH3 is 2. The third-order valence-electron chi connectivity index (χ3n) is 6.88. The number of rotatable bonds is 11. The molecule has 2 heterocycles. The second kappa shape index (κ2) is 11.8. The molecule has 0 aliphatic carbocycles. The molecule has 1 fully saturated rings. The Morgan fingerprint density at radius 2 is 1.50 bits per heavy atom. The average molecular weight is 614 g/mol. The van der Waals surface area contributed by atoms with Gasteiger partial charge in [-0.3, -0.25) is 0 Å². The normalized spacial score (nSPS) is 14.5. The van der Waals surface area contributed by atoms with E-state index in [9.17, 15) is 16.8 Å². The third-order valence-corrected chi connectivity index (χ3v) is 9.57. The lowest BCUT2D eigenvalue weighted by molar-refractivity contribution is 0.180. The molecule has 4 aromatic rings. The van der Waals surface area contributed by atoms with Crippen LogP contribution in [0.5, 0.6) is 11.5 Å². The van der Waals surface area contributed by atoms with Crippen molar-refractivity contribution in [3.05, 3.63) is 77.4 Å². The molecule has 0 saturated carbocycles. The van der Waals surface area contributed by atoms with Crippen molar-refractivity contribution < 1.29 is 26.3 Å². The van der Waals surface area contributed by atoms with Crippen LogP contribution in [-0.2, 0) is 33.0 Å². The second-order valence-electron chi connectivity index (χ2n) is 10.0. The molecule has 1 aliphatic heterocycles. The van der Waals surface area contributed by atoms with Crippen molar-refractivity contribution in [3.8, 4) is 22.9 Å². The van der Waals surface area contributed by atoms with Crippen molar-refractivity contribution in [3.63, 3.8) is 0 Å². The van der Waals surface area contributed by atoms with Crippen molar-refractivity contribution in [1.29, 1.82) is 0 Å². The second-order valence-corrected chi connectivity index (χ2v) is 13.2. The van der Waals surface area contributed by atoms with Gasteiger partial charge in [0.1, 0.15) is 21.3 Å². The number of nitrogens with two attached hydrogens (primary N) is 1. The van der Waals surface area contributed by atoms with E-state index in [4.69, 9.17) is 14.6 Å². The van der Waals surface area contributed by atoms with Crippen LogP contribution in [0.15, 0.2) is 70.5 Å². The molecule has 0 unspecified atom stereocenters. The number of ether oxygens (including phenoxy) is 2. The Labute approximate surface area is 244 Å². The summed E-state index contributed by atoms with van der Waals surface area (Å²) in [5.74, 6) is 1.27. The van der Waals surface area contributed by atoms with Crippen molar-refractivity contribution in [2.24, 2.45) is 5.14 Å². The fourth-order valence-corrected chi connectivity index (χ4v) is 7.66. The molecule has 5 rings (SSSR count). The van der Waals surface area contributed by atoms with Crippen molar-refractivity contribution in [1.82, 2.24) is 29.8 Å². The molecular weight excluding hydrogens is 582 g/mol. The van der Waals surface area contributed by atoms with Gasteiger partial charge in [0, 0.05) is 24.7 Å². The van der Waals surface area contributed by atoms with Gasteiger partial charge >= 0.3 is 0 Å². The van der Waals surface area contributed by atoms with Gasteiger partial charge in [-0.15, -0.1) is 10.2 Å². The summed E-state index contributed by atoms with van der Waals surface area (Å²) in [7, 11) is -3.89. The zero-order valence-electron chi connectivity index (χ0n) is 23.3. The van der Waals surface area contributed by atoms with Crippen LogP contribution < -0.4 is 19.3 Å². The largest absolute Gasteiger partial charge is 0.497 e. The molecule has 1 saturated heterocycles. The number of hydrogen-bond acceptors (Lipinski definition) is 10. The van der Waals surface area contributed by atoms with Crippen LogP contribution in [0, 0.1) is 0 Å². The fourth-order valence-electron chi connectivity index (χ4n) is 4.82. The summed E-state index contributed by atoms with van der Waals surface area (Å²) >= 11 is 0. The molecular formula is C27H31N7O6S2. The molecule has 0 amide bonds. The molecule has 15 heteroatoms. The Balaban J connectivity index is 1.62. The van der Waals surface area contributed by atoms with Gasteiger partial charge in [0.25, 0.3) is 0 Å². The van der Waals surface area contributed by atoms with Gasteiger partial charge in [0.05, 0.1) is 20.8 Å². The van der Waals surface area contributed by atoms with Crippen LogP contribution in [0.1, 0.15) is 16.7 Å². The molecule has 3 aromatic carbocycles. The summed E-state index contributed by atoms with van der Waals surface area (Å²) in [4.78, 5) is 2.17. The average Bonchev–Trinajstić information content (AvgIpc) is 3.40. The first kappa shape index (κ1) is 29.6. The van der Waals surface area contributed by atoms with E-state index < -0.39 is 29.8 Å². The highest BCUT2D eigenvalue weighted by Gasteiger charge is 2.35. The van der Waals surface area contributed by atoms with E-state index in [1.807, 2.05) is 36.2 Å². The molecule has 0 spiro atoms. The van der Waals surface area contributed by atoms with Gasteiger partial charge in [0.2, 0.25) is 25.9 Å². The van der Waals surface area contributed by atoms with Crippen LogP contribution >= 0.6 is 0 Å². The lowest BCUT2D eigenvalue weighted by Gasteiger charge is -2.36. The van der Waals surface area contributed by atoms with Crippen molar-refractivity contribution in [2.75, 3.05) is 34.4 Å². The molecule has 0 atom stereocenters. The Hall–Kier alpha value is -3.89. The molecule has 3 N–H and O–H groups in total. The van der Waals surface area contributed by atoms with Crippen LogP contribution in [-0.4, -0.2) is 82.3 Å². The third kappa shape index (κ3) is 6.44. The summed E-state index contributed by atoms with van der Waals surface area (Å²) in [5, 5.41) is 18.4. The Morgan fingerprint density at radius 3 is 2.05 bits per heavy atom. The quantitative estimate of drug-likeness (QED) is 0.251. The smallest absolute Gasteiger partial charge is 0.242 e. The lowest BCUT2D eigenvalue weighted by atomic mass is 9.99. The summed E-state index contributed by atoms with van der Waals surface area (Å²) in [6, 6.07) is 16.9. The van der Waals surface area contributed by atoms with Gasteiger partial charge in [-0.1, -0.05) is 30.3 Å². The maximum atomic E-state index is 13.5. The number of benzene rings is 3. The molecule has 13 nitrogen and oxygen atoms in total. The van der Waals surface area contributed by atoms with Crippen LogP contribution in [0.2, 0.25) is 0 Å². The number of likely N-dealkylation sites (N-methyl/N-ethyl adjacent to an activating group) is 1. The predicted octanol–water partition coefficient (Wildman–Crippen LogP) is 1.24. The van der Waals surface area contributed by atoms with Crippen LogP contribution in [0.3, 0.4) is 0 Å². The van der Waals surface area contributed by atoms with E-state index in [1.165, 1.54) is 10.9 Å². The minimum atomic E-state index is -4.59. The van der Waals surface area contributed by atoms with E-state index >= 15 is 0 Å². The van der Waals surface area contributed by atoms with E-state index in [2.05, 4.69) is 20.1 Å². The topological polar surface area (TPSA) is 172 Å². The minimum absolute atomic E-state index is 0.0251. The number of primary sulfonamides is 1. The molecule has 0 bridgehead atoms. The Bertz CT molecular complexity index is 1790. The zero-order chi connectivity index (χ0) is 30.1. The first-order valence-electron chi connectivity index (χ1n) is 12.9. The number of nitrogens with one attached hydrogen (secondary N) is 1. The SMILES string of the molecule is COc1ccc(Cc2ccc(S(=O)(=O)NC3CN(C)C3)c(S(N)(=O)=O)c2-c2nnn(Cc3ccc(OC)cc3)n2)cc1. The van der Waals surface area contributed by atoms with Crippen LogP contribution in [0.4, 0.5) is 0 Å². The Morgan fingerprint density at radius 1 is 0.905 bits per heavy atom. The number of likely N-dealkylation sites (tertiary alicyclic amines) is 1. The first-order valence-corrected chi connectivity index (χ1v) is 15.9. The number of tetrazole rings is 1. The van der Waals surface area contributed by atoms with Gasteiger partial charge in [-0.25, -0.2) is 26.7 Å².